The summed E-state index contributed by atoms with van der Waals surface area (Å²) >= 11 is 12.1. The molecule has 6 nitrogen and oxygen atoms in total. The van der Waals surface area contributed by atoms with Crippen LogP contribution in [0.5, 0.6) is 0 Å². The molecule has 0 saturated carbocycles. The quantitative estimate of drug-likeness (QED) is 0.798. The van der Waals surface area contributed by atoms with E-state index in [2.05, 4.69) is 20.8 Å². The fraction of sp³-hybridized carbons (Fsp3) is 0. The molecule has 1 N–H and O–H groups in total. The molecule has 1 aromatic heterocycles. The van der Waals surface area contributed by atoms with E-state index in [4.69, 9.17) is 23.2 Å². The maximum atomic E-state index is 12.3. The minimum absolute atomic E-state index is 0.346. The smallest absolute Gasteiger partial charge is 0.257 e. The zero-order valence-electron chi connectivity index (χ0n) is 11.1. The lowest BCUT2D eigenvalue weighted by atomic mass is 10.2. The Labute approximate surface area is 135 Å². The highest BCUT2D eigenvalue weighted by Crippen LogP contribution is 2.26. The Hall–Kier alpha value is -2.44. The van der Waals surface area contributed by atoms with Crippen molar-refractivity contribution in [3.8, 4) is 5.69 Å². The maximum Gasteiger partial charge on any atom is 0.257 e. The average Bonchev–Trinajstić information content (AvgIpc) is 3.04. The van der Waals surface area contributed by atoms with Crippen LogP contribution in [0, 0.1) is 0 Å². The fourth-order valence-corrected chi connectivity index (χ4v) is 2.25. The number of hydrogen-bond acceptors (Lipinski definition) is 4. The van der Waals surface area contributed by atoms with Gasteiger partial charge in [0.15, 0.2) is 0 Å². The van der Waals surface area contributed by atoms with Gasteiger partial charge < -0.3 is 5.32 Å². The highest BCUT2D eigenvalue weighted by Gasteiger charge is 2.12. The van der Waals surface area contributed by atoms with Crippen molar-refractivity contribution in [3.05, 3.63) is 64.4 Å². The number of nitrogens with zero attached hydrogens (tertiary/aromatic N) is 4. The van der Waals surface area contributed by atoms with Crippen LogP contribution in [0.1, 0.15) is 10.4 Å². The molecule has 110 valence electrons. The highest BCUT2D eigenvalue weighted by atomic mass is 35.5. The van der Waals surface area contributed by atoms with Gasteiger partial charge in [0.05, 0.1) is 27.0 Å². The first-order chi connectivity index (χ1) is 10.6. The SMILES string of the molecule is O=C(Nc1cc(-n2cnnn2)ccc1Cl)c1ccccc1Cl. The molecule has 0 aliphatic carbocycles. The number of anilines is 1. The van der Waals surface area contributed by atoms with E-state index in [1.165, 1.54) is 11.0 Å². The number of halogens is 2. The zero-order valence-corrected chi connectivity index (χ0v) is 12.6. The van der Waals surface area contributed by atoms with Crippen LogP contribution < -0.4 is 5.32 Å². The second-order valence-corrected chi connectivity index (χ2v) is 5.17. The predicted octanol–water partition coefficient (Wildman–Crippen LogP) is 3.22. The van der Waals surface area contributed by atoms with Crippen LogP contribution in [0.15, 0.2) is 48.8 Å². The third kappa shape index (κ3) is 2.93. The van der Waals surface area contributed by atoms with Gasteiger partial charge in [-0.15, -0.1) is 5.10 Å². The first-order valence-corrected chi connectivity index (χ1v) is 6.99. The van der Waals surface area contributed by atoms with E-state index in [0.29, 0.717) is 27.0 Å². The Kier molecular flexibility index (Phi) is 4.04. The van der Waals surface area contributed by atoms with Crippen molar-refractivity contribution in [2.45, 2.75) is 0 Å². The lowest BCUT2D eigenvalue weighted by Gasteiger charge is -2.10. The van der Waals surface area contributed by atoms with Crippen LogP contribution in [-0.4, -0.2) is 26.1 Å². The van der Waals surface area contributed by atoms with Crippen molar-refractivity contribution in [3.63, 3.8) is 0 Å². The molecule has 0 radical (unpaired) electrons. The molecule has 22 heavy (non-hydrogen) atoms. The average molecular weight is 334 g/mol. The number of carbonyl (C=O) groups is 1. The van der Waals surface area contributed by atoms with Gasteiger partial charge in [0.1, 0.15) is 6.33 Å². The molecule has 3 aromatic rings. The molecule has 8 heteroatoms. The van der Waals surface area contributed by atoms with Gasteiger partial charge in [0.25, 0.3) is 5.91 Å². The molecule has 2 aromatic carbocycles. The van der Waals surface area contributed by atoms with Gasteiger partial charge in [-0.2, -0.15) is 0 Å². The van der Waals surface area contributed by atoms with E-state index >= 15 is 0 Å². The van der Waals surface area contributed by atoms with Crippen LogP contribution in [0.4, 0.5) is 5.69 Å². The number of amides is 1. The second-order valence-electron chi connectivity index (χ2n) is 4.35. The molecule has 3 rings (SSSR count). The summed E-state index contributed by atoms with van der Waals surface area (Å²) in [5, 5.41) is 14.4. The third-order valence-corrected chi connectivity index (χ3v) is 3.59. The van der Waals surface area contributed by atoms with E-state index in [9.17, 15) is 4.79 Å². The minimum Gasteiger partial charge on any atom is -0.321 e. The lowest BCUT2D eigenvalue weighted by molar-refractivity contribution is 0.102. The Morgan fingerprint density at radius 2 is 1.91 bits per heavy atom. The number of tetrazole rings is 1. The van der Waals surface area contributed by atoms with E-state index in [1.807, 2.05) is 0 Å². The largest absolute Gasteiger partial charge is 0.321 e. The molecule has 0 aliphatic heterocycles. The number of carbonyl (C=O) groups excluding carboxylic acids is 1. The Balaban J connectivity index is 1.91. The molecule has 1 heterocycles. The topological polar surface area (TPSA) is 72.7 Å². The molecule has 1 amide bonds. The summed E-state index contributed by atoms with van der Waals surface area (Å²) in [7, 11) is 0. The standard InChI is InChI=1S/C14H9Cl2N5O/c15-11-4-2-1-3-10(11)14(22)18-13-7-9(5-6-12(13)16)21-8-17-19-20-21/h1-8H,(H,18,22). The van der Waals surface area contributed by atoms with Crippen molar-refractivity contribution < 1.29 is 4.79 Å². The molecule has 0 bridgehead atoms. The molecular formula is C14H9Cl2N5O. The highest BCUT2D eigenvalue weighted by molar-refractivity contribution is 6.36. The lowest BCUT2D eigenvalue weighted by Crippen LogP contribution is -2.13. The van der Waals surface area contributed by atoms with Crippen LogP contribution in [0.2, 0.25) is 10.0 Å². The Bertz CT molecular complexity index is 820. The van der Waals surface area contributed by atoms with Gasteiger partial charge in [-0.05, 0) is 40.8 Å². The van der Waals surface area contributed by atoms with Crippen molar-refractivity contribution in [2.24, 2.45) is 0 Å². The third-order valence-electron chi connectivity index (χ3n) is 2.93. The van der Waals surface area contributed by atoms with Crippen molar-refractivity contribution in [1.29, 1.82) is 0 Å². The number of nitrogens with one attached hydrogen (secondary N) is 1. The first kappa shape index (κ1) is 14.5. The monoisotopic (exact) mass is 333 g/mol. The summed E-state index contributed by atoms with van der Waals surface area (Å²) in [5.41, 5.74) is 1.48. The normalized spacial score (nSPS) is 10.5. The molecule has 0 aliphatic rings. The summed E-state index contributed by atoms with van der Waals surface area (Å²) < 4.78 is 1.46. The minimum atomic E-state index is -0.346. The van der Waals surface area contributed by atoms with Gasteiger partial charge in [0.2, 0.25) is 0 Å². The van der Waals surface area contributed by atoms with Gasteiger partial charge in [0, 0.05) is 0 Å². The number of benzene rings is 2. The van der Waals surface area contributed by atoms with E-state index < -0.39 is 0 Å². The van der Waals surface area contributed by atoms with Crippen LogP contribution in [0.3, 0.4) is 0 Å². The summed E-state index contributed by atoms with van der Waals surface area (Å²) in [4.78, 5) is 12.3. The fourth-order valence-electron chi connectivity index (χ4n) is 1.87. The first-order valence-electron chi connectivity index (χ1n) is 6.24. The molecule has 0 spiro atoms. The van der Waals surface area contributed by atoms with Crippen molar-refractivity contribution >= 4 is 34.8 Å². The van der Waals surface area contributed by atoms with E-state index in [0.717, 1.165) is 0 Å². The molecular weight excluding hydrogens is 325 g/mol. The van der Waals surface area contributed by atoms with E-state index in [-0.39, 0.29) is 5.91 Å². The second kappa shape index (κ2) is 6.13. The summed E-state index contributed by atoms with van der Waals surface area (Å²) in [6.45, 7) is 0. The Morgan fingerprint density at radius 1 is 1.09 bits per heavy atom. The number of rotatable bonds is 3. The molecule has 0 unspecified atom stereocenters. The summed E-state index contributed by atoms with van der Waals surface area (Å²) in [6.07, 6.45) is 1.45. The van der Waals surface area contributed by atoms with Crippen LogP contribution in [-0.2, 0) is 0 Å². The number of aromatic nitrogens is 4. The van der Waals surface area contributed by atoms with Gasteiger partial charge in [-0.1, -0.05) is 35.3 Å². The predicted molar refractivity (Wildman–Crippen MR) is 83.6 cm³/mol. The van der Waals surface area contributed by atoms with Crippen LogP contribution >= 0.6 is 23.2 Å². The molecule has 0 atom stereocenters. The zero-order chi connectivity index (χ0) is 15.5. The molecule has 0 fully saturated rings. The van der Waals surface area contributed by atoms with Crippen LogP contribution in [0.25, 0.3) is 5.69 Å². The van der Waals surface area contributed by atoms with Gasteiger partial charge >= 0.3 is 0 Å². The maximum absolute atomic E-state index is 12.3. The van der Waals surface area contributed by atoms with Gasteiger partial charge in [-0.3, -0.25) is 4.79 Å². The number of hydrogen-bond donors (Lipinski definition) is 1. The Morgan fingerprint density at radius 3 is 2.64 bits per heavy atom. The summed E-state index contributed by atoms with van der Waals surface area (Å²) in [5.74, 6) is -0.346. The summed E-state index contributed by atoms with van der Waals surface area (Å²) in [6, 6.07) is 11.8. The van der Waals surface area contributed by atoms with Crippen molar-refractivity contribution in [1.82, 2.24) is 20.2 Å². The van der Waals surface area contributed by atoms with Gasteiger partial charge in [-0.25, -0.2) is 4.68 Å². The molecule has 0 saturated heterocycles. The van der Waals surface area contributed by atoms with E-state index in [1.54, 1.807) is 42.5 Å². The van der Waals surface area contributed by atoms with Crippen molar-refractivity contribution in [2.75, 3.05) is 5.32 Å².